The van der Waals surface area contributed by atoms with E-state index in [0.29, 0.717) is 24.7 Å². The van der Waals surface area contributed by atoms with Crippen molar-refractivity contribution in [1.29, 1.82) is 0 Å². The Balaban J connectivity index is 0.000000389. The molecule has 2 heterocycles. The number of rotatable bonds is 4. The van der Waals surface area contributed by atoms with Gasteiger partial charge in [-0.2, -0.15) is 16.8 Å². The lowest BCUT2D eigenvalue weighted by Gasteiger charge is -2.42. The van der Waals surface area contributed by atoms with Gasteiger partial charge in [-0.05, 0) is 23.8 Å². The van der Waals surface area contributed by atoms with Crippen LogP contribution in [0.5, 0.6) is 5.75 Å². The van der Waals surface area contributed by atoms with E-state index in [1.54, 1.807) is 0 Å². The van der Waals surface area contributed by atoms with Gasteiger partial charge < -0.3 is 14.8 Å². The first-order valence-corrected chi connectivity index (χ1v) is 14.5. The SMILES string of the molecule is CS(=O)(=O)O.CS(=O)(=O)O.Fc1cc(F)cc(COC2COc3ccccc3C2N2CCNCC2)c1. The molecular formula is C22H30F2N2O8S2. The Morgan fingerprint density at radius 3 is 2.08 bits per heavy atom. The van der Waals surface area contributed by atoms with Gasteiger partial charge in [-0.1, -0.05) is 18.2 Å². The van der Waals surface area contributed by atoms with Crippen LogP contribution in [-0.4, -0.2) is 82.2 Å². The lowest BCUT2D eigenvalue weighted by molar-refractivity contribution is -0.0618. The van der Waals surface area contributed by atoms with Gasteiger partial charge in [0, 0.05) is 37.8 Å². The topological polar surface area (TPSA) is 142 Å². The highest BCUT2D eigenvalue weighted by atomic mass is 32.2. The van der Waals surface area contributed by atoms with E-state index in [0.717, 1.165) is 43.6 Å². The van der Waals surface area contributed by atoms with Crippen LogP contribution in [-0.2, 0) is 31.6 Å². The third kappa shape index (κ3) is 11.7. The highest BCUT2D eigenvalue weighted by Gasteiger charge is 2.36. The Kier molecular flexibility index (Phi) is 11.2. The molecule has 1 fully saturated rings. The molecule has 202 valence electrons. The van der Waals surface area contributed by atoms with Crippen LogP contribution >= 0.6 is 0 Å². The summed E-state index contributed by atoms with van der Waals surface area (Å²) in [6, 6.07) is 11.6. The molecule has 1 saturated heterocycles. The summed E-state index contributed by atoms with van der Waals surface area (Å²) in [7, 11) is -7.33. The van der Waals surface area contributed by atoms with Gasteiger partial charge in [-0.25, -0.2) is 8.78 Å². The average molecular weight is 553 g/mol. The van der Waals surface area contributed by atoms with Crippen LogP contribution in [0.15, 0.2) is 42.5 Å². The lowest BCUT2D eigenvalue weighted by atomic mass is 9.95. The number of nitrogens with zero attached hydrogens (tertiary/aromatic N) is 1. The van der Waals surface area contributed by atoms with Crippen molar-refractivity contribution in [1.82, 2.24) is 10.2 Å². The number of hydrogen-bond donors (Lipinski definition) is 3. The largest absolute Gasteiger partial charge is 0.490 e. The molecule has 3 N–H and O–H groups in total. The van der Waals surface area contributed by atoms with Crippen molar-refractivity contribution in [3.05, 3.63) is 65.2 Å². The van der Waals surface area contributed by atoms with E-state index >= 15 is 0 Å². The number of piperazine rings is 1. The smallest absolute Gasteiger partial charge is 0.261 e. The summed E-state index contributed by atoms with van der Waals surface area (Å²) < 4.78 is 90.5. The summed E-state index contributed by atoms with van der Waals surface area (Å²) in [4.78, 5) is 2.40. The maximum Gasteiger partial charge on any atom is 0.261 e. The number of halogens is 2. The molecule has 2 atom stereocenters. The Morgan fingerprint density at radius 2 is 1.53 bits per heavy atom. The summed E-state index contributed by atoms with van der Waals surface area (Å²) >= 11 is 0. The van der Waals surface area contributed by atoms with Crippen LogP contribution < -0.4 is 10.1 Å². The summed E-state index contributed by atoms with van der Waals surface area (Å²) in [5.41, 5.74) is 1.59. The molecule has 0 saturated carbocycles. The molecule has 0 aliphatic carbocycles. The molecule has 0 aromatic heterocycles. The van der Waals surface area contributed by atoms with Gasteiger partial charge in [0.2, 0.25) is 0 Å². The quantitative estimate of drug-likeness (QED) is 0.482. The van der Waals surface area contributed by atoms with Crippen LogP contribution in [0.1, 0.15) is 17.2 Å². The molecule has 4 rings (SSSR count). The third-order valence-corrected chi connectivity index (χ3v) is 4.92. The molecule has 0 amide bonds. The van der Waals surface area contributed by atoms with Crippen LogP contribution in [0.4, 0.5) is 8.78 Å². The van der Waals surface area contributed by atoms with Crippen LogP contribution in [0.2, 0.25) is 0 Å². The van der Waals surface area contributed by atoms with Crippen molar-refractivity contribution in [3.8, 4) is 5.75 Å². The second-order valence-electron chi connectivity index (χ2n) is 8.17. The van der Waals surface area contributed by atoms with Gasteiger partial charge in [-0.3, -0.25) is 14.0 Å². The Labute approximate surface area is 209 Å². The van der Waals surface area contributed by atoms with Gasteiger partial charge in [0.05, 0.1) is 25.2 Å². The molecule has 14 heteroatoms. The molecule has 2 unspecified atom stereocenters. The Morgan fingerprint density at radius 1 is 1.00 bits per heavy atom. The number of ether oxygens (including phenoxy) is 2. The van der Waals surface area contributed by atoms with Gasteiger partial charge >= 0.3 is 0 Å². The van der Waals surface area contributed by atoms with E-state index in [2.05, 4.69) is 16.3 Å². The zero-order chi connectivity index (χ0) is 26.9. The normalized spacial score (nSPS) is 20.1. The highest BCUT2D eigenvalue weighted by Crippen LogP contribution is 2.37. The molecule has 2 aliphatic rings. The van der Waals surface area contributed by atoms with E-state index in [1.807, 2.05) is 18.2 Å². The van der Waals surface area contributed by atoms with Gasteiger partial charge in [0.25, 0.3) is 20.2 Å². The monoisotopic (exact) mass is 552 g/mol. The number of fused-ring (bicyclic) bond motifs is 1. The first kappa shape index (κ1) is 30.0. The number of nitrogens with one attached hydrogen (secondary N) is 1. The minimum absolute atomic E-state index is 0.0699. The Bertz CT molecular complexity index is 1140. The van der Waals surface area contributed by atoms with E-state index in [-0.39, 0.29) is 18.8 Å². The number of para-hydroxylation sites is 1. The van der Waals surface area contributed by atoms with Crippen molar-refractivity contribution < 1.29 is 44.2 Å². The Hall–Kier alpha value is -2.20. The molecule has 0 radical (unpaired) electrons. The predicted molar refractivity (Wildman–Crippen MR) is 129 cm³/mol. The fraction of sp³-hybridized carbons (Fsp3) is 0.455. The summed E-state index contributed by atoms with van der Waals surface area (Å²) in [5.74, 6) is -0.298. The van der Waals surface area contributed by atoms with E-state index in [1.165, 1.54) is 12.1 Å². The van der Waals surface area contributed by atoms with Crippen molar-refractivity contribution in [2.75, 3.05) is 45.3 Å². The first-order valence-electron chi connectivity index (χ1n) is 10.8. The third-order valence-electron chi connectivity index (χ3n) is 4.92. The minimum atomic E-state index is -3.67. The summed E-state index contributed by atoms with van der Waals surface area (Å²) in [6.45, 7) is 4.28. The molecule has 2 aliphatic heterocycles. The van der Waals surface area contributed by atoms with E-state index in [4.69, 9.17) is 18.6 Å². The van der Waals surface area contributed by atoms with Crippen LogP contribution in [0, 0.1) is 11.6 Å². The van der Waals surface area contributed by atoms with E-state index in [9.17, 15) is 25.6 Å². The zero-order valence-electron chi connectivity index (χ0n) is 19.8. The summed E-state index contributed by atoms with van der Waals surface area (Å²) in [5, 5.41) is 3.37. The highest BCUT2D eigenvalue weighted by molar-refractivity contribution is 7.85. The lowest BCUT2D eigenvalue weighted by Crippen LogP contribution is -2.51. The predicted octanol–water partition coefficient (Wildman–Crippen LogP) is 1.90. The van der Waals surface area contributed by atoms with Gasteiger partial charge in [0.15, 0.2) is 0 Å². The van der Waals surface area contributed by atoms with Crippen LogP contribution in [0.25, 0.3) is 0 Å². The minimum Gasteiger partial charge on any atom is -0.490 e. The number of benzene rings is 2. The fourth-order valence-corrected chi connectivity index (χ4v) is 3.75. The average Bonchev–Trinajstić information content (AvgIpc) is 2.75. The second-order valence-corrected chi connectivity index (χ2v) is 11.1. The molecule has 10 nitrogen and oxygen atoms in total. The molecule has 0 spiro atoms. The zero-order valence-corrected chi connectivity index (χ0v) is 21.4. The molecule has 36 heavy (non-hydrogen) atoms. The first-order chi connectivity index (χ1) is 16.7. The van der Waals surface area contributed by atoms with Crippen LogP contribution in [0.3, 0.4) is 0 Å². The molecule has 2 aromatic carbocycles. The van der Waals surface area contributed by atoms with Gasteiger partial charge in [0.1, 0.15) is 30.1 Å². The number of hydrogen-bond acceptors (Lipinski definition) is 8. The van der Waals surface area contributed by atoms with E-state index < -0.39 is 31.9 Å². The summed E-state index contributed by atoms with van der Waals surface area (Å²) in [6.07, 6.45) is 1.23. The molecule has 2 aromatic rings. The second kappa shape index (κ2) is 13.4. The molecule has 0 bridgehead atoms. The maximum absolute atomic E-state index is 13.4. The van der Waals surface area contributed by atoms with Crippen molar-refractivity contribution in [2.24, 2.45) is 0 Å². The van der Waals surface area contributed by atoms with Crippen molar-refractivity contribution in [3.63, 3.8) is 0 Å². The van der Waals surface area contributed by atoms with Gasteiger partial charge in [-0.15, -0.1) is 0 Å². The fourth-order valence-electron chi connectivity index (χ4n) is 3.75. The van der Waals surface area contributed by atoms with Crippen molar-refractivity contribution >= 4 is 20.2 Å². The maximum atomic E-state index is 13.4. The van der Waals surface area contributed by atoms with Crippen molar-refractivity contribution in [2.45, 2.75) is 18.8 Å². The molecular weight excluding hydrogens is 522 g/mol. The standard InChI is InChI=1S/C20H22F2N2O2.2CH4O3S/c21-15-9-14(10-16(22)11-15)12-25-19-13-26-18-4-2-1-3-17(18)20(19)24-7-5-23-6-8-24;2*1-5(2,3)4/h1-4,9-11,19-20,23H,5-8,12-13H2;2*1H3,(H,2,3,4).